The van der Waals surface area contributed by atoms with Gasteiger partial charge in [-0.25, -0.2) is 0 Å². The Hall–Kier alpha value is -1.00. The summed E-state index contributed by atoms with van der Waals surface area (Å²) in [5, 5.41) is 6.77. The van der Waals surface area contributed by atoms with Gasteiger partial charge < -0.3 is 10.6 Å². The highest BCUT2D eigenvalue weighted by molar-refractivity contribution is 8.01. The quantitative estimate of drug-likeness (QED) is 0.896. The Morgan fingerprint density at radius 1 is 1.27 bits per heavy atom. The summed E-state index contributed by atoms with van der Waals surface area (Å²) in [6.07, 6.45) is 5.36. The van der Waals surface area contributed by atoms with E-state index in [1.807, 2.05) is 6.07 Å². The molecule has 1 aliphatic carbocycles. The van der Waals surface area contributed by atoms with Crippen LogP contribution in [0.5, 0.6) is 0 Å². The van der Waals surface area contributed by atoms with Gasteiger partial charge in [-0.3, -0.25) is 4.79 Å². The molecule has 2 aliphatic rings. The van der Waals surface area contributed by atoms with E-state index in [9.17, 15) is 4.79 Å². The monoisotopic (exact) mass is 318 g/mol. The van der Waals surface area contributed by atoms with E-state index in [2.05, 4.69) is 41.8 Å². The summed E-state index contributed by atoms with van der Waals surface area (Å²) in [5.41, 5.74) is 0. The lowest BCUT2D eigenvalue weighted by Crippen LogP contribution is -2.53. The van der Waals surface area contributed by atoms with Crippen LogP contribution in [0.2, 0.25) is 0 Å². The molecule has 3 nitrogen and oxygen atoms in total. The summed E-state index contributed by atoms with van der Waals surface area (Å²) in [7, 11) is 0. The minimum absolute atomic E-state index is 0.258. The minimum Gasteiger partial charge on any atom is -0.352 e. The molecule has 3 rings (SSSR count). The van der Waals surface area contributed by atoms with Crippen LogP contribution in [0.4, 0.5) is 0 Å². The van der Waals surface area contributed by atoms with Crippen LogP contribution in [0, 0.1) is 5.92 Å². The zero-order valence-corrected chi connectivity index (χ0v) is 14.1. The van der Waals surface area contributed by atoms with Gasteiger partial charge in [-0.1, -0.05) is 38.0 Å². The molecular formula is C18H26N2OS. The molecule has 22 heavy (non-hydrogen) atoms. The number of thioether (sulfide) groups is 1. The molecule has 1 aromatic carbocycles. The van der Waals surface area contributed by atoms with Gasteiger partial charge in [0.05, 0.1) is 4.75 Å². The molecule has 2 atom stereocenters. The maximum absolute atomic E-state index is 13.0. The Morgan fingerprint density at radius 3 is 2.68 bits per heavy atom. The van der Waals surface area contributed by atoms with Crippen molar-refractivity contribution in [1.82, 2.24) is 10.6 Å². The normalized spacial score (nSPS) is 27.5. The molecule has 120 valence electrons. The molecule has 1 saturated heterocycles. The Bertz CT molecular complexity index is 499. The molecule has 2 unspecified atom stereocenters. The Balaban J connectivity index is 1.71. The molecule has 1 aromatic rings. The summed E-state index contributed by atoms with van der Waals surface area (Å²) in [4.78, 5) is 14.2. The first-order valence-corrected chi connectivity index (χ1v) is 9.27. The molecule has 1 aliphatic heterocycles. The van der Waals surface area contributed by atoms with Crippen molar-refractivity contribution < 1.29 is 4.79 Å². The molecule has 0 spiro atoms. The zero-order valence-electron chi connectivity index (χ0n) is 13.3. The van der Waals surface area contributed by atoms with Gasteiger partial charge in [-0.2, -0.15) is 0 Å². The third-order valence-corrected chi connectivity index (χ3v) is 6.48. The fraction of sp³-hybridized carbons (Fsp3) is 0.611. The summed E-state index contributed by atoms with van der Waals surface area (Å²) in [5.74, 6) is 0.774. The predicted molar refractivity (Wildman–Crippen MR) is 92.1 cm³/mol. The topological polar surface area (TPSA) is 41.1 Å². The van der Waals surface area contributed by atoms with Crippen molar-refractivity contribution in [2.75, 3.05) is 13.1 Å². The van der Waals surface area contributed by atoms with Crippen LogP contribution < -0.4 is 10.6 Å². The highest BCUT2D eigenvalue weighted by Gasteiger charge is 2.43. The fourth-order valence-electron chi connectivity index (χ4n) is 3.56. The van der Waals surface area contributed by atoms with Gasteiger partial charge in [-0.15, -0.1) is 11.8 Å². The summed E-state index contributed by atoms with van der Waals surface area (Å²) in [6, 6.07) is 10.7. The summed E-state index contributed by atoms with van der Waals surface area (Å²) >= 11 is 1.77. The standard InChI is InChI=1S/C18H26N2OS/c1-14-13-19-12-9-16(14)20-17(21)18(10-5-6-11-18)22-15-7-3-2-4-8-15/h2-4,7-8,14,16,19H,5-6,9-13H2,1H3,(H,20,21). The Morgan fingerprint density at radius 2 is 2.00 bits per heavy atom. The van der Waals surface area contributed by atoms with E-state index in [-0.39, 0.29) is 10.7 Å². The number of piperidine rings is 1. The molecule has 0 bridgehead atoms. The second-order valence-corrected chi connectivity index (χ2v) is 8.12. The van der Waals surface area contributed by atoms with Gasteiger partial charge in [-0.05, 0) is 50.4 Å². The van der Waals surface area contributed by atoms with E-state index in [1.165, 1.54) is 4.90 Å². The average Bonchev–Trinajstić information content (AvgIpc) is 3.00. The van der Waals surface area contributed by atoms with Crippen molar-refractivity contribution >= 4 is 17.7 Å². The number of rotatable bonds is 4. The van der Waals surface area contributed by atoms with Crippen LogP contribution in [-0.4, -0.2) is 29.8 Å². The van der Waals surface area contributed by atoms with Gasteiger partial charge in [0, 0.05) is 10.9 Å². The molecule has 2 fully saturated rings. The second-order valence-electron chi connectivity index (χ2n) is 6.67. The van der Waals surface area contributed by atoms with Gasteiger partial charge >= 0.3 is 0 Å². The molecule has 2 N–H and O–H groups in total. The lowest BCUT2D eigenvalue weighted by molar-refractivity contribution is -0.124. The van der Waals surface area contributed by atoms with Crippen molar-refractivity contribution in [3.8, 4) is 0 Å². The maximum atomic E-state index is 13.0. The molecule has 1 saturated carbocycles. The first-order chi connectivity index (χ1) is 10.7. The maximum Gasteiger partial charge on any atom is 0.236 e. The van der Waals surface area contributed by atoms with Crippen molar-refractivity contribution in [2.24, 2.45) is 5.92 Å². The van der Waals surface area contributed by atoms with Crippen LogP contribution >= 0.6 is 11.8 Å². The zero-order chi connectivity index (χ0) is 15.4. The molecular weight excluding hydrogens is 292 g/mol. The smallest absolute Gasteiger partial charge is 0.236 e. The lowest BCUT2D eigenvalue weighted by atomic mass is 9.94. The molecule has 4 heteroatoms. The number of hydrogen-bond acceptors (Lipinski definition) is 3. The van der Waals surface area contributed by atoms with Crippen LogP contribution in [-0.2, 0) is 4.79 Å². The van der Waals surface area contributed by atoms with Crippen LogP contribution in [0.1, 0.15) is 39.0 Å². The van der Waals surface area contributed by atoms with E-state index in [0.29, 0.717) is 12.0 Å². The van der Waals surface area contributed by atoms with E-state index < -0.39 is 0 Å². The lowest BCUT2D eigenvalue weighted by Gasteiger charge is -2.34. The number of benzene rings is 1. The number of amides is 1. The number of nitrogens with one attached hydrogen (secondary N) is 2. The van der Waals surface area contributed by atoms with Crippen molar-refractivity contribution in [2.45, 2.75) is 54.7 Å². The first kappa shape index (κ1) is 15.9. The highest BCUT2D eigenvalue weighted by Crippen LogP contribution is 2.45. The second kappa shape index (κ2) is 7.05. The number of carbonyl (C=O) groups is 1. The van der Waals surface area contributed by atoms with Crippen molar-refractivity contribution in [3.05, 3.63) is 30.3 Å². The third-order valence-electron chi connectivity index (χ3n) is 4.98. The van der Waals surface area contributed by atoms with Gasteiger partial charge in [0.1, 0.15) is 0 Å². The van der Waals surface area contributed by atoms with Gasteiger partial charge in [0.25, 0.3) is 0 Å². The largest absolute Gasteiger partial charge is 0.352 e. The molecule has 0 aromatic heterocycles. The molecule has 1 amide bonds. The van der Waals surface area contributed by atoms with Crippen LogP contribution in [0.25, 0.3) is 0 Å². The van der Waals surface area contributed by atoms with Crippen molar-refractivity contribution in [3.63, 3.8) is 0 Å². The highest BCUT2D eigenvalue weighted by atomic mass is 32.2. The fourth-order valence-corrected chi connectivity index (χ4v) is 4.95. The average molecular weight is 318 g/mol. The van der Waals surface area contributed by atoms with Crippen LogP contribution in [0.3, 0.4) is 0 Å². The van der Waals surface area contributed by atoms with Crippen LogP contribution in [0.15, 0.2) is 35.2 Å². The summed E-state index contributed by atoms with van der Waals surface area (Å²) < 4.78 is -0.258. The third kappa shape index (κ3) is 3.49. The predicted octanol–water partition coefficient (Wildman–Crippen LogP) is 3.21. The first-order valence-electron chi connectivity index (χ1n) is 8.45. The molecule has 1 heterocycles. The van der Waals surface area contributed by atoms with E-state index in [4.69, 9.17) is 0 Å². The van der Waals surface area contributed by atoms with Gasteiger partial charge in [0.15, 0.2) is 0 Å². The molecule has 0 radical (unpaired) electrons. The van der Waals surface area contributed by atoms with Crippen molar-refractivity contribution in [1.29, 1.82) is 0 Å². The SMILES string of the molecule is CC1CNCCC1NC(=O)C1(Sc2ccccc2)CCCC1. The summed E-state index contributed by atoms with van der Waals surface area (Å²) in [6.45, 7) is 4.24. The Kier molecular flexibility index (Phi) is 5.09. The van der Waals surface area contributed by atoms with E-state index >= 15 is 0 Å². The van der Waals surface area contributed by atoms with E-state index in [1.54, 1.807) is 11.8 Å². The number of carbonyl (C=O) groups excluding carboxylic acids is 1. The van der Waals surface area contributed by atoms with E-state index in [0.717, 1.165) is 45.2 Å². The van der Waals surface area contributed by atoms with Gasteiger partial charge in [0.2, 0.25) is 5.91 Å². The number of hydrogen-bond donors (Lipinski definition) is 2. The minimum atomic E-state index is -0.258. The Labute approximate surface area is 137 Å².